The van der Waals surface area contributed by atoms with Gasteiger partial charge >= 0.3 is 0 Å². The van der Waals surface area contributed by atoms with Gasteiger partial charge in [0.15, 0.2) is 0 Å². The van der Waals surface area contributed by atoms with Crippen molar-refractivity contribution < 1.29 is 19.8 Å². The van der Waals surface area contributed by atoms with Crippen LogP contribution in [0.25, 0.3) is 0 Å². The standard InChI is InChI=1S/C8H15NO4/c1-6(12)9-8(2-3-10)7(4-11)5-13-9/h7-8,10-11H,2-5H2,1H3/t7-,8-/m0/s1. The van der Waals surface area contributed by atoms with Crippen molar-refractivity contribution in [1.82, 2.24) is 5.06 Å². The van der Waals surface area contributed by atoms with Gasteiger partial charge in [0.1, 0.15) is 0 Å². The summed E-state index contributed by atoms with van der Waals surface area (Å²) < 4.78 is 0. The van der Waals surface area contributed by atoms with Gasteiger partial charge in [-0.05, 0) is 6.42 Å². The van der Waals surface area contributed by atoms with Crippen LogP contribution in [0, 0.1) is 5.92 Å². The van der Waals surface area contributed by atoms with Crippen LogP contribution < -0.4 is 0 Å². The van der Waals surface area contributed by atoms with E-state index >= 15 is 0 Å². The number of amides is 1. The first-order valence-electron chi connectivity index (χ1n) is 4.35. The lowest BCUT2D eigenvalue weighted by Crippen LogP contribution is -2.37. The van der Waals surface area contributed by atoms with Crippen molar-refractivity contribution in [3.8, 4) is 0 Å². The first-order valence-corrected chi connectivity index (χ1v) is 4.35. The molecular formula is C8H15NO4. The molecule has 1 rings (SSSR count). The summed E-state index contributed by atoms with van der Waals surface area (Å²) in [6.07, 6.45) is 0.449. The zero-order chi connectivity index (χ0) is 9.84. The van der Waals surface area contributed by atoms with Crippen molar-refractivity contribution in [2.24, 2.45) is 5.92 Å². The Kier molecular flexibility index (Phi) is 3.65. The van der Waals surface area contributed by atoms with Crippen LogP contribution in [0.2, 0.25) is 0 Å². The number of nitrogens with zero attached hydrogens (tertiary/aromatic N) is 1. The molecule has 2 N–H and O–H groups in total. The molecule has 5 heteroatoms. The minimum atomic E-state index is -0.188. The molecule has 0 bridgehead atoms. The average Bonchev–Trinajstić information content (AvgIpc) is 2.48. The fourth-order valence-electron chi connectivity index (χ4n) is 1.56. The Hall–Kier alpha value is -0.650. The Morgan fingerprint density at radius 2 is 2.31 bits per heavy atom. The van der Waals surface area contributed by atoms with Crippen LogP contribution in [0.15, 0.2) is 0 Å². The molecule has 1 aliphatic heterocycles. The summed E-state index contributed by atoms with van der Waals surface area (Å²) in [6.45, 7) is 1.73. The summed E-state index contributed by atoms with van der Waals surface area (Å²) in [5, 5.41) is 19.0. The molecule has 5 nitrogen and oxygen atoms in total. The molecular weight excluding hydrogens is 174 g/mol. The van der Waals surface area contributed by atoms with E-state index in [1.165, 1.54) is 12.0 Å². The van der Waals surface area contributed by atoms with Gasteiger partial charge in [-0.1, -0.05) is 0 Å². The van der Waals surface area contributed by atoms with Crippen molar-refractivity contribution in [1.29, 1.82) is 0 Å². The summed E-state index contributed by atoms with van der Waals surface area (Å²) in [5.74, 6) is -0.259. The fourth-order valence-corrected chi connectivity index (χ4v) is 1.56. The molecule has 1 fully saturated rings. The molecule has 1 aliphatic rings. The van der Waals surface area contributed by atoms with E-state index in [-0.39, 0.29) is 31.1 Å². The quantitative estimate of drug-likeness (QED) is 0.606. The van der Waals surface area contributed by atoms with Crippen molar-refractivity contribution in [2.45, 2.75) is 19.4 Å². The van der Waals surface area contributed by atoms with Gasteiger partial charge in [0.2, 0.25) is 5.91 Å². The molecule has 1 heterocycles. The van der Waals surface area contributed by atoms with Gasteiger partial charge in [-0.15, -0.1) is 0 Å². The second-order valence-corrected chi connectivity index (χ2v) is 3.16. The van der Waals surface area contributed by atoms with Crippen LogP contribution in [0.4, 0.5) is 0 Å². The zero-order valence-corrected chi connectivity index (χ0v) is 7.64. The van der Waals surface area contributed by atoms with E-state index in [0.717, 1.165) is 0 Å². The summed E-state index contributed by atoms with van der Waals surface area (Å²) >= 11 is 0. The number of carbonyl (C=O) groups excluding carboxylic acids is 1. The molecule has 0 aliphatic carbocycles. The van der Waals surface area contributed by atoms with E-state index in [4.69, 9.17) is 15.1 Å². The van der Waals surface area contributed by atoms with Crippen LogP contribution in [-0.4, -0.2) is 47.0 Å². The number of rotatable bonds is 3. The number of hydroxylamine groups is 2. The molecule has 76 valence electrons. The number of aliphatic hydroxyl groups excluding tert-OH is 2. The fraction of sp³-hybridized carbons (Fsp3) is 0.875. The van der Waals surface area contributed by atoms with E-state index in [2.05, 4.69) is 0 Å². The van der Waals surface area contributed by atoms with E-state index in [1.807, 2.05) is 0 Å². The summed E-state index contributed by atoms with van der Waals surface area (Å²) in [4.78, 5) is 16.1. The van der Waals surface area contributed by atoms with Crippen LogP contribution in [-0.2, 0) is 9.63 Å². The Morgan fingerprint density at radius 1 is 1.62 bits per heavy atom. The molecule has 0 radical (unpaired) electrons. The molecule has 0 aromatic rings. The minimum absolute atomic E-state index is 0.00565. The Labute approximate surface area is 76.9 Å². The van der Waals surface area contributed by atoms with Crippen molar-refractivity contribution in [3.05, 3.63) is 0 Å². The lowest BCUT2D eigenvalue weighted by molar-refractivity contribution is -0.174. The van der Waals surface area contributed by atoms with Crippen LogP contribution >= 0.6 is 0 Å². The molecule has 0 aromatic carbocycles. The Balaban J connectivity index is 2.61. The Bertz CT molecular complexity index is 185. The van der Waals surface area contributed by atoms with Gasteiger partial charge in [-0.2, -0.15) is 0 Å². The van der Waals surface area contributed by atoms with Crippen molar-refractivity contribution in [3.63, 3.8) is 0 Å². The highest BCUT2D eigenvalue weighted by molar-refractivity contribution is 5.72. The smallest absolute Gasteiger partial charge is 0.243 e. The maximum absolute atomic E-state index is 11.0. The molecule has 13 heavy (non-hydrogen) atoms. The molecule has 1 amide bonds. The third kappa shape index (κ3) is 2.18. The second kappa shape index (κ2) is 4.55. The van der Waals surface area contributed by atoms with Gasteiger partial charge in [0.05, 0.1) is 19.3 Å². The predicted molar refractivity (Wildman–Crippen MR) is 44.5 cm³/mol. The normalized spacial score (nSPS) is 28.1. The van der Waals surface area contributed by atoms with Gasteiger partial charge < -0.3 is 10.2 Å². The maximum atomic E-state index is 11.0. The highest BCUT2D eigenvalue weighted by atomic mass is 16.7. The third-order valence-corrected chi connectivity index (χ3v) is 2.24. The lowest BCUT2D eigenvalue weighted by atomic mass is 10.00. The van der Waals surface area contributed by atoms with Gasteiger partial charge in [-0.25, -0.2) is 5.06 Å². The molecule has 0 aromatic heterocycles. The minimum Gasteiger partial charge on any atom is -0.396 e. The number of aliphatic hydroxyl groups is 2. The van der Waals surface area contributed by atoms with Gasteiger partial charge in [0, 0.05) is 19.4 Å². The van der Waals surface area contributed by atoms with Gasteiger partial charge in [-0.3, -0.25) is 9.63 Å². The molecule has 2 atom stereocenters. The molecule has 1 saturated heterocycles. The molecule has 0 saturated carbocycles. The monoisotopic (exact) mass is 189 g/mol. The number of hydrogen-bond donors (Lipinski definition) is 2. The highest BCUT2D eigenvalue weighted by Crippen LogP contribution is 2.23. The van der Waals surface area contributed by atoms with Crippen molar-refractivity contribution >= 4 is 5.91 Å². The van der Waals surface area contributed by atoms with Gasteiger partial charge in [0.25, 0.3) is 0 Å². The van der Waals surface area contributed by atoms with E-state index in [9.17, 15) is 4.79 Å². The molecule has 0 spiro atoms. The summed E-state index contributed by atoms with van der Waals surface area (Å²) in [7, 11) is 0. The maximum Gasteiger partial charge on any atom is 0.243 e. The number of carbonyl (C=O) groups is 1. The topological polar surface area (TPSA) is 70.0 Å². The largest absolute Gasteiger partial charge is 0.396 e. The van der Waals surface area contributed by atoms with Crippen LogP contribution in [0.5, 0.6) is 0 Å². The van der Waals surface area contributed by atoms with Crippen molar-refractivity contribution in [2.75, 3.05) is 19.8 Å². The first kappa shape index (κ1) is 10.4. The van der Waals surface area contributed by atoms with E-state index in [1.54, 1.807) is 0 Å². The summed E-state index contributed by atoms with van der Waals surface area (Å²) in [6, 6.07) is -0.188. The number of hydrogen-bond acceptors (Lipinski definition) is 4. The van der Waals surface area contributed by atoms with E-state index < -0.39 is 0 Å². The predicted octanol–water partition coefficient (Wildman–Crippen LogP) is -0.860. The second-order valence-electron chi connectivity index (χ2n) is 3.16. The third-order valence-electron chi connectivity index (χ3n) is 2.24. The molecule has 0 unspecified atom stereocenters. The average molecular weight is 189 g/mol. The van der Waals surface area contributed by atoms with E-state index in [0.29, 0.717) is 13.0 Å². The van der Waals surface area contributed by atoms with Crippen LogP contribution in [0.3, 0.4) is 0 Å². The first-order chi connectivity index (χ1) is 6.20. The highest BCUT2D eigenvalue weighted by Gasteiger charge is 2.36. The lowest BCUT2D eigenvalue weighted by Gasteiger charge is -2.22. The SMILES string of the molecule is CC(=O)N1OC[C@H](CO)[C@@H]1CCO. The Morgan fingerprint density at radius 3 is 2.77 bits per heavy atom. The van der Waals surface area contributed by atoms with Crippen LogP contribution in [0.1, 0.15) is 13.3 Å². The summed E-state index contributed by atoms with van der Waals surface area (Å²) in [5.41, 5.74) is 0. The zero-order valence-electron chi connectivity index (χ0n) is 7.64.